The fraction of sp³-hybridized carbons (Fsp3) is 0.533. The summed E-state index contributed by atoms with van der Waals surface area (Å²) >= 11 is 1.51. The summed E-state index contributed by atoms with van der Waals surface area (Å²) in [6, 6.07) is 5.54. The highest BCUT2D eigenvalue weighted by molar-refractivity contribution is 8.01. The highest BCUT2D eigenvalue weighted by Crippen LogP contribution is 2.33. The van der Waals surface area contributed by atoms with Crippen molar-refractivity contribution in [2.45, 2.75) is 18.2 Å². The van der Waals surface area contributed by atoms with Gasteiger partial charge in [-0.3, -0.25) is 4.79 Å². The largest absolute Gasteiger partial charge is 0.497 e. The van der Waals surface area contributed by atoms with Crippen LogP contribution in [0.25, 0.3) is 0 Å². The van der Waals surface area contributed by atoms with E-state index in [0.29, 0.717) is 12.3 Å². The summed E-state index contributed by atoms with van der Waals surface area (Å²) < 4.78 is 21.2. The monoisotopic (exact) mass is 327 g/mol. The van der Waals surface area contributed by atoms with Crippen molar-refractivity contribution < 1.29 is 23.7 Å². The molecular formula is C15H21NO5S. The Morgan fingerprint density at radius 1 is 1.23 bits per heavy atom. The van der Waals surface area contributed by atoms with Crippen molar-refractivity contribution in [2.24, 2.45) is 0 Å². The van der Waals surface area contributed by atoms with Gasteiger partial charge in [0.25, 0.3) is 0 Å². The molecule has 0 spiro atoms. The molecule has 1 aromatic carbocycles. The molecule has 0 saturated carbocycles. The molecular weight excluding hydrogens is 306 g/mol. The van der Waals surface area contributed by atoms with Crippen LogP contribution in [0.4, 0.5) is 0 Å². The van der Waals surface area contributed by atoms with E-state index in [9.17, 15) is 4.79 Å². The Balaban J connectivity index is 2.25. The van der Waals surface area contributed by atoms with Crippen LogP contribution in [0.5, 0.6) is 11.5 Å². The van der Waals surface area contributed by atoms with E-state index in [4.69, 9.17) is 18.9 Å². The molecule has 2 rings (SSSR count). The summed E-state index contributed by atoms with van der Waals surface area (Å²) in [5.74, 6) is 1.91. The van der Waals surface area contributed by atoms with Crippen LogP contribution in [-0.4, -0.2) is 56.7 Å². The van der Waals surface area contributed by atoms with Gasteiger partial charge in [0.05, 0.1) is 26.5 Å². The summed E-state index contributed by atoms with van der Waals surface area (Å²) in [7, 11) is 6.36. The minimum atomic E-state index is -0.465. The third kappa shape index (κ3) is 3.48. The maximum atomic E-state index is 12.2. The fourth-order valence-corrected chi connectivity index (χ4v) is 3.62. The topological polar surface area (TPSA) is 57.2 Å². The Morgan fingerprint density at radius 2 is 1.95 bits per heavy atom. The second-order valence-electron chi connectivity index (χ2n) is 4.74. The zero-order valence-electron chi connectivity index (χ0n) is 13.2. The van der Waals surface area contributed by atoms with Crippen LogP contribution in [0.1, 0.15) is 5.56 Å². The van der Waals surface area contributed by atoms with Crippen LogP contribution in [-0.2, 0) is 20.8 Å². The average Bonchev–Trinajstić information content (AvgIpc) is 2.90. The molecule has 1 atom stereocenters. The number of ether oxygens (including phenoxy) is 4. The summed E-state index contributed by atoms with van der Waals surface area (Å²) in [5, 5.41) is -0.182. The molecule has 1 unspecified atom stereocenters. The molecule has 1 saturated heterocycles. The highest BCUT2D eigenvalue weighted by Gasteiger charge is 2.38. The lowest BCUT2D eigenvalue weighted by molar-refractivity contribution is -0.146. The molecule has 0 radical (unpaired) electrons. The number of rotatable bonds is 7. The lowest BCUT2D eigenvalue weighted by Gasteiger charge is -2.29. The summed E-state index contributed by atoms with van der Waals surface area (Å²) in [6.45, 7) is 0.417. The SMILES string of the molecule is COc1ccc(OC)c(CN2C(=O)CSC2C(OC)OC)c1. The van der Waals surface area contributed by atoms with Gasteiger partial charge in [0.1, 0.15) is 16.9 Å². The zero-order valence-corrected chi connectivity index (χ0v) is 14.0. The van der Waals surface area contributed by atoms with E-state index >= 15 is 0 Å². The van der Waals surface area contributed by atoms with Crippen molar-refractivity contribution >= 4 is 17.7 Å². The van der Waals surface area contributed by atoms with E-state index in [2.05, 4.69) is 0 Å². The fourth-order valence-electron chi connectivity index (χ4n) is 2.39. The van der Waals surface area contributed by atoms with E-state index in [1.807, 2.05) is 18.2 Å². The lowest BCUT2D eigenvalue weighted by Crippen LogP contribution is -2.41. The standard InChI is InChI=1S/C15H21NO5S/c1-18-11-5-6-12(19-2)10(7-11)8-16-13(17)9-22-14(16)15(20-3)21-4/h5-7,14-15H,8-9H2,1-4H3. The zero-order chi connectivity index (χ0) is 16.1. The maximum absolute atomic E-state index is 12.2. The minimum absolute atomic E-state index is 0.0546. The van der Waals surface area contributed by atoms with Crippen LogP contribution in [0.2, 0.25) is 0 Å². The Morgan fingerprint density at radius 3 is 2.55 bits per heavy atom. The number of hydrogen-bond donors (Lipinski definition) is 0. The smallest absolute Gasteiger partial charge is 0.234 e. The van der Waals surface area contributed by atoms with Gasteiger partial charge >= 0.3 is 0 Å². The Hall–Kier alpha value is -1.44. The van der Waals surface area contributed by atoms with Crippen LogP contribution >= 0.6 is 11.8 Å². The van der Waals surface area contributed by atoms with Gasteiger partial charge < -0.3 is 23.8 Å². The van der Waals surface area contributed by atoms with Crippen LogP contribution in [0.15, 0.2) is 18.2 Å². The molecule has 1 aromatic rings. The molecule has 0 bridgehead atoms. The van der Waals surface area contributed by atoms with Crippen molar-refractivity contribution in [1.29, 1.82) is 0 Å². The van der Waals surface area contributed by atoms with E-state index in [1.165, 1.54) is 11.8 Å². The Kier molecular flexibility index (Phi) is 5.93. The lowest BCUT2D eigenvalue weighted by atomic mass is 10.1. The van der Waals surface area contributed by atoms with Gasteiger partial charge in [0.2, 0.25) is 5.91 Å². The molecule has 6 nitrogen and oxygen atoms in total. The molecule has 1 amide bonds. The van der Waals surface area contributed by atoms with Crippen LogP contribution in [0, 0.1) is 0 Å². The molecule has 22 heavy (non-hydrogen) atoms. The van der Waals surface area contributed by atoms with Crippen molar-refractivity contribution in [3.05, 3.63) is 23.8 Å². The first-order valence-corrected chi connectivity index (χ1v) is 7.87. The third-order valence-corrected chi connectivity index (χ3v) is 4.76. The van der Waals surface area contributed by atoms with Crippen molar-refractivity contribution in [2.75, 3.05) is 34.2 Å². The van der Waals surface area contributed by atoms with Gasteiger partial charge in [0.15, 0.2) is 6.29 Å². The van der Waals surface area contributed by atoms with Gasteiger partial charge in [0, 0.05) is 19.8 Å². The molecule has 0 aliphatic carbocycles. The minimum Gasteiger partial charge on any atom is -0.497 e. The molecule has 7 heteroatoms. The van der Waals surface area contributed by atoms with Gasteiger partial charge in [-0.1, -0.05) is 0 Å². The molecule has 0 N–H and O–H groups in total. The first kappa shape index (κ1) is 16.9. The second kappa shape index (κ2) is 7.71. The molecule has 1 fully saturated rings. The predicted molar refractivity (Wildman–Crippen MR) is 84.1 cm³/mol. The first-order chi connectivity index (χ1) is 10.6. The van der Waals surface area contributed by atoms with Crippen LogP contribution < -0.4 is 9.47 Å². The van der Waals surface area contributed by atoms with E-state index in [1.54, 1.807) is 33.3 Å². The quantitative estimate of drug-likeness (QED) is 0.711. The number of carbonyl (C=O) groups excluding carboxylic acids is 1. The summed E-state index contributed by atoms with van der Waals surface area (Å²) in [5.41, 5.74) is 0.883. The number of carbonyl (C=O) groups is 1. The summed E-state index contributed by atoms with van der Waals surface area (Å²) in [6.07, 6.45) is -0.465. The molecule has 122 valence electrons. The molecule has 1 aliphatic rings. The third-order valence-electron chi connectivity index (χ3n) is 3.53. The van der Waals surface area contributed by atoms with Gasteiger partial charge in [-0.2, -0.15) is 0 Å². The van der Waals surface area contributed by atoms with Crippen molar-refractivity contribution in [3.8, 4) is 11.5 Å². The first-order valence-electron chi connectivity index (χ1n) is 6.82. The Bertz CT molecular complexity index is 521. The number of thioether (sulfide) groups is 1. The van der Waals surface area contributed by atoms with Crippen LogP contribution in [0.3, 0.4) is 0 Å². The predicted octanol–water partition coefficient (Wildman–Crippen LogP) is 1.72. The van der Waals surface area contributed by atoms with Gasteiger partial charge in [-0.15, -0.1) is 11.8 Å². The molecule has 1 aliphatic heterocycles. The maximum Gasteiger partial charge on any atom is 0.234 e. The average molecular weight is 327 g/mol. The second-order valence-corrected chi connectivity index (χ2v) is 5.85. The summed E-state index contributed by atoms with van der Waals surface area (Å²) in [4.78, 5) is 14.0. The van der Waals surface area contributed by atoms with Gasteiger partial charge in [-0.05, 0) is 18.2 Å². The number of amides is 1. The van der Waals surface area contributed by atoms with E-state index in [0.717, 1.165) is 17.1 Å². The molecule has 1 heterocycles. The number of benzene rings is 1. The van der Waals surface area contributed by atoms with E-state index < -0.39 is 6.29 Å². The van der Waals surface area contributed by atoms with Crippen molar-refractivity contribution in [3.63, 3.8) is 0 Å². The Labute approximate surface area is 134 Å². The number of nitrogens with zero attached hydrogens (tertiary/aromatic N) is 1. The normalized spacial score (nSPS) is 18.1. The number of hydrogen-bond acceptors (Lipinski definition) is 6. The van der Waals surface area contributed by atoms with Gasteiger partial charge in [-0.25, -0.2) is 0 Å². The number of methoxy groups -OCH3 is 4. The van der Waals surface area contributed by atoms with E-state index in [-0.39, 0.29) is 11.3 Å². The van der Waals surface area contributed by atoms with Crippen molar-refractivity contribution in [1.82, 2.24) is 4.90 Å². The molecule has 0 aromatic heterocycles. The highest BCUT2D eigenvalue weighted by atomic mass is 32.2.